The Hall–Kier alpha value is -2.25. The number of anilines is 2. The fourth-order valence-corrected chi connectivity index (χ4v) is 1.77. The molecule has 0 aliphatic heterocycles. The molecule has 0 saturated carbocycles. The van der Waals surface area contributed by atoms with Crippen LogP contribution in [0.5, 0.6) is 0 Å². The predicted octanol–water partition coefficient (Wildman–Crippen LogP) is 1.87. The lowest BCUT2D eigenvalue weighted by Crippen LogP contribution is -2.34. The third kappa shape index (κ3) is 3.65. The van der Waals surface area contributed by atoms with Crippen molar-refractivity contribution in [3.63, 3.8) is 0 Å². The Balaban J connectivity index is 2.36. The molecule has 0 spiro atoms. The van der Waals surface area contributed by atoms with Crippen LogP contribution in [0, 0.1) is 0 Å². The van der Waals surface area contributed by atoms with Crippen molar-refractivity contribution in [1.29, 1.82) is 0 Å². The van der Waals surface area contributed by atoms with Crippen LogP contribution in [0.25, 0.3) is 5.95 Å². The number of hydrogen-bond donors (Lipinski definition) is 2. The van der Waals surface area contributed by atoms with E-state index in [4.69, 9.17) is 0 Å². The lowest BCUT2D eigenvalue weighted by Gasteiger charge is -2.28. The minimum Gasteiger partial charge on any atom is -0.354 e. The van der Waals surface area contributed by atoms with Gasteiger partial charge in [0.15, 0.2) is 0 Å². The molecule has 0 unspecified atom stereocenters. The van der Waals surface area contributed by atoms with E-state index in [0.29, 0.717) is 17.8 Å². The lowest BCUT2D eigenvalue weighted by molar-refractivity contribution is 0.474. The lowest BCUT2D eigenvalue weighted by atomic mass is 9.96. The topological polar surface area (TPSA) is 93.4 Å². The SMILES string of the molecule is CCNc1nc(NC(C)(CC)CC)nc(-n2cncn2)n1. The third-order valence-electron chi connectivity index (χ3n) is 3.56. The highest BCUT2D eigenvalue weighted by atomic mass is 15.4. The summed E-state index contributed by atoms with van der Waals surface area (Å²) in [5, 5.41) is 10.6. The molecule has 21 heavy (non-hydrogen) atoms. The zero-order chi connectivity index (χ0) is 15.3. The monoisotopic (exact) mass is 290 g/mol. The summed E-state index contributed by atoms with van der Waals surface area (Å²) in [7, 11) is 0. The Morgan fingerprint density at radius 1 is 1.10 bits per heavy atom. The van der Waals surface area contributed by atoms with Gasteiger partial charge in [0.1, 0.15) is 12.7 Å². The minimum absolute atomic E-state index is 0.0511. The van der Waals surface area contributed by atoms with Crippen molar-refractivity contribution in [1.82, 2.24) is 29.7 Å². The van der Waals surface area contributed by atoms with Gasteiger partial charge in [-0.25, -0.2) is 4.98 Å². The van der Waals surface area contributed by atoms with Gasteiger partial charge in [-0.3, -0.25) is 0 Å². The van der Waals surface area contributed by atoms with Crippen LogP contribution >= 0.6 is 0 Å². The normalized spacial score (nSPS) is 11.4. The zero-order valence-corrected chi connectivity index (χ0v) is 13.0. The number of aromatic nitrogens is 6. The zero-order valence-electron chi connectivity index (χ0n) is 13.0. The maximum Gasteiger partial charge on any atom is 0.258 e. The second-order valence-electron chi connectivity index (χ2n) is 5.05. The van der Waals surface area contributed by atoms with Gasteiger partial charge in [0.25, 0.3) is 5.95 Å². The van der Waals surface area contributed by atoms with Crippen molar-refractivity contribution in [2.75, 3.05) is 17.2 Å². The average Bonchev–Trinajstić information content (AvgIpc) is 3.01. The molecule has 0 fully saturated rings. The summed E-state index contributed by atoms with van der Waals surface area (Å²) < 4.78 is 1.52. The molecule has 2 heterocycles. The second kappa shape index (κ2) is 6.47. The van der Waals surface area contributed by atoms with E-state index in [1.807, 2.05) is 6.92 Å². The van der Waals surface area contributed by atoms with Crippen LogP contribution in [-0.2, 0) is 0 Å². The van der Waals surface area contributed by atoms with Crippen LogP contribution in [0.4, 0.5) is 11.9 Å². The average molecular weight is 290 g/mol. The summed E-state index contributed by atoms with van der Waals surface area (Å²) in [5.41, 5.74) is -0.0511. The molecule has 0 bridgehead atoms. The third-order valence-corrected chi connectivity index (χ3v) is 3.56. The van der Waals surface area contributed by atoms with Gasteiger partial charge in [-0.2, -0.15) is 24.7 Å². The number of nitrogens with one attached hydrogen (secondary N) is 2. The highest BCUT2D eigenvalue weighted by Gasteiger charge is 2.21. The first-order chi connectivity index (χ1) is 10.1. The van der Waals surface area contributed by atoms with Gasteiger partial charge in [0, 0.05) is 12.1 Å². The summed E-state index contributed by atoms with van der Waals surface area (Å²) in [4.78, 5) is 17.1. The van der Waals surface area contributed by atoms with E-state index < -0.39 is 0 Å². The van der Waals surface area contributed by atoms with E-state index in [0.717, 1.165) is 19.4 Å². The van der Waals surface area contributed by atoms with Crippen LogP contribution in [0.1, 0.15) is 40.5 Å². The molecule has 0 aliphatic rings. The number of nitrogens with zero attached hydrogens (tertiary/aromatic N) is 6. The molecule has 114 valence electrons. The fraction of sp³-hybridized carbons (Fsp3) is 0.615. The van der Waals surface area contributed by atoms with Crippen molar-refractivity contribution in [2.24, 2.45) is 0 Å². The molecular weight excluding hydrogens is 268 g/mol. The molecule has 2 rings (SSSR count). The Morgan fingerprint density at radius 2 is 1.81 bits per heavy atom. The van der Waals surface area contributed by atoms with Crippen molar-refractivity contribution in [3.8, 4) is 5.95 Å². The van der Waals surface area contributed by atoms with Crippen LogP contribution in [-0.4, -0.2) is 41.8 Å². The maximum absolute atomic E-state index is 4.43. The van der Waals surface area contributed by atoms with E-state index in [1.54, 1.807) is 6.33 Å². The predicted molar refractivity (Wildman–Crippen MR) is 81.5 cm³/mol. The molecule has 0 aliphatic carbocycles. The Labute approximate surface area is 124 Å². The first-order valence-corrected chi connectivity index (χ1v) is 7.23. The summed E-state index contributed by atoms with van der Waals surface area (Å²) in [6.07, 6.45) is 4.97. The van der Waals surface area contributed by atoms with Crippen molar-refractivity contribution in [2.45, 2.75) is 46.1 Å². The van der Waals surface area contributed by atoms with Gasteiger partial charge in [-0.1, -0.05) is 13.8 Å². The smallest absolute Gasteiger partial charge is 0.258 e. The van der Waals surface area contributed by atoms with E-state index in [-0.39, 0.29) is 5.54 Å². The Kier molecular flexibility index (Phi) is 4.66. The van der Waals surface area contributed by atoms with E-state index in [1.165, 1.54) is 11.0 Å². The van der Waals surface area contributed by atoms with Crippen molar-refractivity contribution < 1.29 is 0 Å². The van der Waals surface area contributed by atoms with Crippen molar-refractivity contribution in [3.05, 3.63) is 12.7 Å². The van der Waals surface area contributed by atoms with Crippen LogP contribution in [0.15, 0.2) is 12.7 Å². The summed E-state index contributed by atoms with van der Waals surface area (Å²) >= 11 is 0. The Bertz CT molecular complexity index is 562. The van der Waals surface area contributed by atoms with E-state index in [9.17, 15) is 0 Å². The highest BCUT2D eigenvalue weighted by Crippen LogP contribution is 2.20. The van der Waals surface area contributed by atoms with E-state index >= 15 is 0 Å². The van der Waals surface area contributed by atoms with Gasteiger partial charge in [-0.05, 0) is 26.7 Å². The van der Waals surface area contributed by atoms with Gasteiger partial charge in [0.2, 0.25) is 11.9 Å². The summed E-state index contributed by atoms with van der Waals surface area (Å²) in [5.74, 6) is 1.50. The van der Waals surface area contributed by atoms with Gasteiger partial charge in [0.05, 0.1) is 0 Å². The molecule has 0 aromatic carbocycles. The minimum atomic E-state index is -0.0511. The van der Waals surface area contributed by atoms with Gasteiger partial charge in [-0.15, -0.1) is 0 Å². The fourth-order valence-electron chi connectivity index (χ4n) is 1.77. The quantitative estimate of drug-likeness (QED) is 0.804. The highest BCUT2D eigenvalue weighted by molar-refractivity contribution is 5.39. The van der Waals surface area contributed by atoms with Crippen LogP contribution in [0.3, 0.4) is 0 Å². The Morgan fingerprint density at radius 3 is 2.38 bits per heavy atom. The van der Waals surface area contributed by atoms with Crippen LogP contribution in [0.2, 0.25) is 0 Å². The molecule has 0 radical (unpaired) electrons. The number of rotatable bonds is 7. The molecule has 2 aromatic heterocycles. The molecule has 8 nitrogen and oxygen atoms in total. The molecule has 2 N–H and O–H groups in total. The maximum atomic E-state index is 4.43. The molecular formula is C13H22N8. The molecule has 8 heteroatoms. The first-order valence-electron chi connectivity index (χ1n) is 7.23. The molecule has 2 aromatic rings. The summed E-state index contributed by atoms with van der Waals surface area (Å²) in [6, 6.07) is 0. The molecule has 0 atom stereocenters. The second-order valence-corrected chi connectivity index (χ2v) is 5.05. The summed E-state index contributed by atoms with van der Waals surface area (Å²) in [6.45, 7) is 9.16. The molecule has 0 saturated heterocycles. The van der Waals surface area contributed by atoms with E-state index in [2.05, 4.69) is 56.4 Å². The van der Waals surface area contributed by atoms with Gasteiger partial charge < -0.3 is 10.6 Å². The van der Waals surface area contributed by atoms with Crippen LogP contribution < -0.4 is 10.6 Å². The number of hydrogen-bond acceptors (Lipinski definition) is 7. The van der Waals surface area contributed by atoms with Gasteiger partial charge >= 0.3 is 0 Å². The standard InChI is InChI=1S/C13H22N8/c1-5-13(4,6-2)20-11-17-10(15-7-3)18-12(19-11)21-9-14-8-16-21/h8-9H,5-7H2,1-4H3,(H2,15,17,18,19,20). The first kappa shape index (κ1) is 15.1. The molecule has 0 amide bonds. The van der Waals surface area contributed by atoms with Crippen molar-refractivity contribution >= 4 is 11.9 Å². The largest absolute Gasteiger partial charge is 0.354 e.